The number of ether oxygens (including phenoxy) is 1. The van der Waals surface area contributed by atoms with Crippen LogP contribution in [0.25, 0.3) is 10.2 Å². The van der Waals surface area contributed by atoms with E-state index in [1.54, 1.807) is 13.1 Å². The van der Waals surface area contributed by atoms with Crippen molar-refractivity contribution in [3.8, 4) is 0 Å². The lowest BCUT2D eigenvalue weighted by molar-refractivity contribution is 0.0533. The SMILES string of the molecule is CCOC(=O)c1sc2nccc(N(C)C)c2c1N. The van der Waals surface area contributed by atoms with Crippen molar-refractivity contribution in [2.75, 3.05) is 31.3 Å². The molecule has 5 nitrogen and oxygen atoms in total. The summed E-state index contributed by atoms with van der Waals surface area (Å²) in [5.41, 5.74) is 7.45. The van der Waals surface area contributed by atoms with Crippen LogP contribution < -0.4 is 10.6 Å². The minimum atomic E-state index is -0.386. The summed E-state index contributed by atoms with van der Waals surface area (Å²) in [6.07, 6.45) is 1.71. The molecule has 0 unspecified atom stereocenters. The van der Waals surface area contributed by atoms with Crippen molar-refractivity contribution in [2.24, 2.45) is 0 Å². The number of fused-ring (bicyclic) bond motifs is 1. The standard InChI is InChI=1S/C12H15N3O2S/c1-4-17-12(16)10-9(13)8-7(15(2)3)5-6-14-11(8)18-10/h5-6H,4,13H2,1-3H3. The largest absolute Gasteiger partial charge is 0.462 e. The second kappa shape index (κ2) is 4.81. The van der Waals surface area contributed by atoms with Gasteiger partial charge in [0.2, 0.25) is 0 Å². The first kappa shape index (κ1) is 12.6. The number of pyridine rings is 1. The number of hydrogen-bond donors (Lipinski definition) is 1. The van der Waals surface area contributed by atoms with Gasteiger partial charge in [0.1, 0.15) is 9.71 Å². The lowest BCUT2D eigenvalue weighted by atomic mass is 10.2. The number of carbonyl (C=O) groups is 1. The number of thiophene rings is 1. The van der Waals surface area contributed by atoms with Crippen LogP contribution in [0.2, 0.25) is 0 Å². The molecule has 0 fully saturated rings. The fourth-order valence-corrected chi connectivity index (χ4v) is 2.73. The molecular formula is C12H15N3O2S. The van der Waals surface area contributed by atoms with Gasteiger partial charge in [0.05, 0.1) is 23.4 Å². The number of hydrogen-bond acceptors (Lipinski definition) is 6. The number of rotatable bonds is 3. The molecule has 2 aromatic rings. The summed E-state index contributed by atoms with van der Waals surface area (Å²) in [5.74, 6) is -0.386. The number of aromatic nitrogens is 1. The Morgan fingerprint density at radius 3 is 2.89 bits per heavy atom. The minimum absolute atomic E-state index is 0.334. The van der Waals surface area contributed by atoms with Crippen LogP contribution in [0, 0.1) is 0 Å². The summed E-state index contributed by atoms with van der Waals surface area (Å²) in [4.78, 5) is 19.2. The lowest BCUT2D eigenvalue weighted by Gasteiger charge is -2.13. The molecule has 0 aliphatic carbocycles. The maximum atomic E-state index is 11.8. The van der Waals surface area contributed by atoms with Crippen molar-refractivity contribution < 1.29 is 9.53 Å². The highest BCUT2D eigenvalue weighted by molar-refractivity contribution is 7.21. The van der Waals surface area contributed by atoms with E-state index in [4.69, 9.17) is 10.5 Å². The minimum Gasteiger partial charge on any atom is -0.462 e. The summed E-state index contributed by atoms with van der Waals surface area (Å²) < 4.78 is 4.99. The predicted molar refractivity (Wildman–Crippen MR) is 74.3 cm³/mol. The predicted octanol–water partition coefficient (Wildman–Crippen LogP) is 2.12. The van der Waals surface area contributed by atoms with Crippen LogP contribution in [-0.2, 0) is 4.74 Å². The molecular weight excluding hydrogens is 250 g/mol. The molecule has 0 aromatic carbocycles. The number of esters is 1. The molecule has 2 aromatic heterocycles. The zero-order valence-corrected chi connectivity index (χ0v) is 11.4. The Bertz CT molecular complexity index is 592. The number of nitrogens with zero attached hydrogens (tertiary/aromatic N) is 2. The maximum absolute atomic E-state index is 11.8. The average molecular weight is 265 g/mol. The Morgan fingerprint density at radius 1 is 1.56 bits per heavy atom. The van der Waals surface area contributed by atoms with Crippen molar-refractivity contribution in [1.82, 2.24) is 4.98 Å². The van der Waals surface area contributed by atoms with Gasteiger partial charge in [0.15, 0.2) is 0 Å². The Morgan fingerprint density at radius 2 is 2.28 bits per heavy atom. The maximum Gasteiger partial charge on any atom is 0.350 e. The number of nitrogen functional groups attached to an aromatic ring is 1. The Kier molecular flexibility index (Phi) is 3.38. The first-order valence-corrected chi connectivity index (χ1v) is 6.39. The second-order valence-electron chi connectivity index (χ2n) is 3.97. The Labute approximate surface area is 109 Å². The van der Waals surface area contributed by atoms with E-state index in [9.17, 15) is 4.79 Å². The van der Waals surface area contributed by atoms with E-state index in [0.717, 1.165) is 15.9 Å². The van der Waals surface area contributed by atoms with Crippen molar-refractivity contribution in [2.45, 2.75) is 6.92 Å². The summed E-state index contributed by atoms with van der Waals surface area (Å²) >= 11 is 1.27. The molecule has 0 atom stereocenters. The number of anilines is 2. The third kappa shape index (κ3) is 1.99. The lowest BCUT2D eigenvalue weighted by Crippen LogP contribution is -2.10. The van der Waals surface area contributed by atoms with Crippen LogP contribution in [-0.4, -0.2) is 31.7 Å². The monoisotopic (exact) mass is 265 g/mol. The van der Waals surface area contributed by atoms with Crippen LogP contribution in [0.15, 0.2) is 12.3 Å². The molecule has 0 spiro atoms. The van der Waals surface area contributed by atoms with E-state index in [0.29, 0.717) is 17.2 Å². The van der Waals surface area contributed by atoms with Crippen molar-refractivity contribution in [3.05, 3.63) is 17.1 Å². The molecule has 0 amide bonds. The van der Waals surface area contributed by atoms with E-state index >= 15 is 0 Å². The van der Waals surface area contributed by atoms with Crippen LogP contribution in [0.3, 0.4) is 0 Å². The second-order valence-corrected chi connectivity index (χ2v) is 4.97. The van der Waals surface area contributed by atoms with Crippen LogP contribution in [0.5, 0.6) is 0 Å². The first-order valence-electron chi connectivity index (χ1n) is 5.57. The number of carbonyl (C=O) groups excluding carboxylic acids is 1. The smallest absolute Gasteiger partial charge is 0.350 e. The van der Waals surface area contributed by atoms with Gasteiger partial charge in [-0.2, -0.15) is 0 Å². The summed E-state index contributed by atoms with van der Waals surface area (Å²) in [6.45, 7) is 2.10. The zero-order valence-electron chi connectivity index (χ0n) is 10.6. The number of nitrogens with two attached hydrogens (primary N) is 1. The molecule has 0 bridgehead atoms. The molecule has 2 heterocycles. The van der Waals surface area contributed by atoms with E-state index in [1.807, 2.05) is 25.1 Å². The van der Waals surface area contributed by atoms with E-state index in [1.165, 1.54) is 11.3 Å². The zero-order chi connectivity index (χ0) is 13.3. The van der Waals surface area contributed by atoms with Crippen molar-refractivity contribution in [3.63, 3.8) is 0 Å². The molecule has 0 aliphatic heterocycles. The molecule has 0 saturated heterocycles. The molecule has 0 aliphatic rings. The third-order valence-corrected chi connectivity index (χ3v) is 3.64. The third-order valence-electron chi connectivity index (χ3n) is 2.55. The molecule has 6 heteroatoms. The average Bonchev–Trinajstić information content (AvgIpc) is 2.67. The fourth-order valence-electron chi connectivity index (χ4n) is 1.75. The molecule has 0 radical (unpaired) electrons. The van der Waals surface area contributed by atoms with Gasteiger partial charge in [-0.3, -0.25) is 0 Å². The van der Waals surface area contributed by atoms with Gasteiger partial charge in [0, 0.05) is 20.3 Å². The Balaban J connectivity index is 2.63. The van der Waals surface area contributed by atoms with Gasteiger partial charge in [-0.25, -0.2) is 9.78 Å². The normalized spacial score (nSPS) is 10.6. The van der Waals surface area contributed by atoms with Gasteiger partial charge in [-0.05, 0) is 13.0 Å². The van der Waals surface area contributed by atoms with Crippen LogP contribution in [0.4, 0.5) is 11.4 Å². The van der Waals surface area contributed by atoms with Gasteiger partial charge in [-0.15, -0.1) is 11.3 Å². The van der Waals surface area contributed by atoms with E-state index in [2.05, 4.69) is 4.98 Å². The highest BCUT2D eigenvalue weighted by atomic mass is 32.1. The van der Waals surface area contributed by atoms with Crippen molar-refractivity contribution in [1.29, 1.82) is 0 Å². The van der Waals surface area contributed by atoms with Crippen LogP contribution in [0.1, 0.15) is 16.6 Å². The highest BCUT2D eigenvalue weighted by Crippen LogP contribution is 2.38. The fraction of sp³-hybridized carbons (Fsp3) is 0.333. The Hall–Kier alpha value is -1.82. The van der Waals surface area contributed by atoms with Crippen LogP contribution >= 0.6 is 11.3 Å². The van der Waals surface area contributed by atoms with Crippen molar-refractivity contribution >= 4 is 38.9 Å². The molecule has 2 N–H and O–H groups in total. The highest BCUT2D eigenvalue weighted by Gasteiger charge is 2.20. The summed E-state index contributed by atoms with van der Waals surface area (Å²) in [6, 6.07) is 1.88. The van der Waals surface area contributed by atoms with Gasteiger partial charge >= 0.3 is 5.97 Å². The first-order chi connectivity index (χ1) is 8.56. The molecule has 96 valence electrons. The molecule has 2 rings (SSSR count). The van der Waals surface area contributed by atoms with Gasteiger partial charge < -0.3 is 15.4 Å². The quantitative estimate of drug-likeness (QED) is 0.861. The van der Waals surface area contributed by atoms with Gasteiger partial charge in [-0.1, -0.05) is 0 Å². The summed E-state index contributed by atoms with van der Waals surface area (Å²) in [5, 5.41) is 0.815. The molecule has 0 saturated carbocycles. The van der Waals surface area contributed by atoms with E-state index in [-0.39, 0.29) is 5.97 Å². The molecule has 18 heavy (non-hydrogen) atoms. The van der Waals surface area contributed by atoms with E-state index < -0.39 is 0 Å². The summed E-state index contributed by atoms with van der Waals surface area (Å²) in [7, 11) is 3.85. The topological polar surface area (TPSA) is 68.5 Å². The van der Waals surface area contributed by atoms with Gasteiger partial charge in [0.25, 0.3) is 0 Å².